The minimum Gasteiger partial charge on any atom is -0.494 e. The van der Waals surface area contributed by atoms with E-state index in [2.05, 4.69) is 10.5 Å². The summed E-state index contributed by atoms with van der Waals surface area (Å²) in [6.07, 6.45) is 0. The number of carbonyl (C=O) groups is 3. The molecule has 2 aromatic rings. The predicted octanol–water partition coefficient (Wildman–Crippen LogP) is 2.65. The van der Waals surface area contributed by atoms with Gasteiger partial charge in [-0.05, 0) is 55.8 Å². The Labute approximate surface area is 183 Å². The largest absolute Gasteiger partial charge is 0.494 e. The number of nitrogens with one attached hydrogen (secondary N) is 1. The van der Waals surface area contributed by atoms with Gasteiger partial charge in [0.15, 0.2) is 11.3 Å². The highest BCUT2D eigenvalue weighted by Crippen LogP contribution is 2.45. The summed E-state index contributed by atoms with van der Waals surface area (Å²) in [5, 5.41) is 4.52. The highest BCUT2D eigenvalue weighted by Gasteiger charge is 2.67. The Morgan fingerprint density at radius 2 is 1.77 bits per heavy atom. The molecule has 2 aliphatic rings. The van der Waals surface area contributed by atoms with Crippen LogP contribution in [0.5, 0.6) is 5.75 Å². The molecule has 2 heterocycles. The smallest absolute Gasteiger partial charge is 0.355 e. The first-order chi connectivity index (χ1) is 14.9. The number of anilines is 1. The van der Waals surface area contributed by atoms with Crippen LogP contribution in [0.4, 0.5) is 5.69 Å². The van der Waals surface area contributed by atoms with Gasteiger partial charge in [0.1, 0.15) is 11.7 Å². The molecule has 2 aromatic carbocycles. The second-order valence-corrected chi connectivity index (χ2v) is 7.42. The zero-order valence-corrected chi connectivity index (χ0v) is 17.7. The lowest BCUT2D eigenvalue weighted by Gasteiger charge is -2.26. The number of imide groups is 1. The van der Waals surface area contributed by atoms with E-state index >= 15 is 0 Å². The van der Waals surface area contributed by atoms with E-state index in [-0.39, 0.29) is 12.3 Å². The second kappa shape index (κ2) is 8.03. The van der Waals surface area contributed by atoms with Gasteiger partial charge in [-0.25, -0.2) is 9.69 Å². The van der Waals surface area contributed by atoms with E-state index < -0.39 is 29.2 Å². The quantitative estimate of drug-likeness (QED) is 0.546. The zero-order valence-electron chi connectivity index (χ0n) is 16.9. The first-order valence-corrected chi connectivity index (χ1v) is 10.2. The summed E-state index contributed by atoms with van der Waals surface area (Å²) in [6.45, 7) is 4.12. The van der Waals surface area contributed by atoms with E-state index in [0.29, 0.717) is 28.6 Å². The van der Waals surface area contributed by atoms with Crippen LogP contribution in [0, 0.1) is 5.92 Å². The molecule has 1 N–H and O–H groups in total. The molecule has 0 unspecified atom stereocenters. The zero-order chi connectivity index (χ0) is 22.2. The van der Waals surface area contributed by atoms with Crippen molar-refractivity contribution in [3.8, 4) is 5.75 Å². The van der Waals surface area contributed by atoms with Gasteiger partial charge in [-0.2, -0.15) is 5.10 Å². The summed E-state index contributed by atoms with van der Waals surface area (Å²) in [7, 11) is 0. The van der Waals surface area contributed by atoms with Gasteiger partial charge in [0.05, 0.1) is 18.9 Å². The molecule has 8 nitrogen and oxygen atoms in total. The fourth-order valence-electron chi connectivity index (χ4n) is 3.90. The van der Waals surface area contributed by atoms with E-state index in [4.69, 9.17) is 21.1 Å². The lowest BCUT2D eigenvalue weighted by atomic mass is 9.79. The monoisotopic (exact) mass is 441 g/mol. The van der Waals surface area contributed by atoms with Crippen LogP contribution in [0.3, 0.4) is 0 Å². The van der Waals surface area contributed by atoms with Crippen molar-refractivity contribution in [2.45, 2.75) is 19.4 Å². The molecular weight excluding hydrogens is 422 g/mol. The third-order valence-electron chi connectivity index (χ3n) is 5.26. The average Bonchev–Trinajstić information content (AvgIpc) is 3.26. The lowest BCUT2D eigenvalue weighted by Crippen LogP contribution is -2.48. The standard InChI is InChI=1S/C22H20ClN3O5/c1-3-30-16-11-9-15(10-12-16)26-19(27)17-18(20(28)31-4-2)24-25-22(17,21(26)29)13-5-7-14(23)8-6-13/h5-12,17,25H,3-4H2,1-2H3/t17-,22-/m0/s1. The number of hydrogen-bond donors (Lipinski definition) is 1. The Hall–Kier alpha value is -3.39. The fourth-order valence-corrected chi connectivity index (χ4v) is 4.03. The number of nitrogens with zero attached hydrogens (tertiary/aromatic N) is 2. The number of esters is 1. The Balaban J connectivity index is 1.80. The lowest BCUT2D eigenvalue weighted by molar-refractivity contribution is -0.136. The van der Waals surface area contributed by atoms with Crippen molar-refractivity contribution in [3.05, 3.63) is 59.1 Å². The number of benzene rings is 2. The third-order valence-corrected chi connectivity index (χ3v) is 5.51. The molecule has 0 aliphatic carbocycles. The SMILES string of the molecule is CCOC(=O)C1=NN[C@]2(c3ccc(Cl)cc3)C(=O)N(c3ccc(OCC)cc3)C(=O)[C@H]12. The number of fused-ring (bicyclic) bond motifs is 1. The van der Waals surface area contributed by atoms with Gasteiger partial charge < -0.3 is 9.47 Å². The predicted molar refractivity (Wildman–Crippen MR) is 114 cm³/mol. The van der Waals surface area contributed by atoms with Crippen molar-refractivity contribution < 1.29 is 23.9 Å². The topological polar surface area (TPSA) is 97.3 Å². The molecule has 2 atom stereocenters. The summed E-state index contributed by atoms with van der Waals surface area (Å²) < 4.78 is 10.5. The minimum absolute atomic E-state index is 0.114. The molecule has 0 saturated carbocycles. The van der Waals surface area contributed by atoms with Gasteiger partial charge in [0, 0.05) is 5.02 Å². The van der Waals surface area contributed by atoms with Crippen LogP contribution in [-0.4, -0.2) is 36.7 Å². The van der Waals surface area contributed by atoms with Crippen molar-refractivity contribution >= 4 is 40.8 Å². The molecule has 4 rings (SSSR count). The van der Waals surface area contributed by atoms with Gasteiger partial charge in [0.2, 0.25) is 5.91 Å². The Morgan fingerprint density at radius 1 is 1.10 bits per heavy atom. The number of hydrazone groups is 1. The summed E-state index contributed by atoms with van der Waals surface area (Å²) in [6, 6.07) is 13.1. The number of ether oxygens (including phenoxy) is 2. The minimum atomic E-state index is -1.57. The molecule has 0 radical (unpaired) electrons. The maximum atomic E-state index is 13.7. The highest BCUT2D eigenvalue weighted by atomic mass is 35.5. The van der Waals surface area contributed by atoms with Crippen molar-refractivity contribution in [3.63, 3.8) is 0 Å². The second-order valence-electron chi connectivity index (χ2n) is 6.98. The summed E-state index contributed by atoms with van der Waals surface area (Å²) in [5.74, 6) is -2.42. The molecule has 0 bridgehead atoms. The normalized spacial score (nSPS) is 22.1. The highest BCUT2D eigenvalue weighted by molar-refractivity contribution is 6.47. The summed E-state index contributed by atoms with van der Waals surface area (Å²) >= 11 is 6.01. The third kappa shape index (κ3) is 3.23. The first kappa shape index (κ1) is 20.9. The molecule has 1 saturated heterocycles. The molecule has 0 spiro atoms. The Kier molecular flexibility index (Phi) is 5.41. The molecule has 2 aliphatic heterocycles. The molecule has 160 valence electrons. The molecular formula is C22H20ClN3O5. The molecule has 9 heteroatoms. The molecule has 1 fully saturated rings. The number of rotatable bonds is 6. The van der Waals surface area contributed by atoms with E-state index in [1.165, 1.54) is 0 Å². The van der Waals surface area contributed by atoms with Gasteiger partial charge in [-0.15, -0.1) is 0 Å². The van der Waals surface area contributed by atoms with Gasteiger partial charge in [-0.1, -0.05) is 23.7 Å². The van der Waals surface area contributed by atoms with Gasteiger partial charge >= 0.3 is 5.97 Å². The summed E-state index contributed by atoms with van der Waals surface area (Å²) in [5.41, 5.74) is 1.91. The van der Waals surface area contributed by atoms with Gasteiger partial charge in [-0.3, -0.25) is 15.0 Å². The van der Waals surface area contributed by atoms with Crippen LogP contribution in [0.15, 0.2) is 53.6 Å². The van der Waals surface area contributed by atoms with Crippen LogP contribution >= 0.6 is 11.6 Å². The van der Waals surface area contributed by atoms with E-state index in [1.54, 1.807) is 55.5 Å². The van der Waals surface area contributed by atoms with Crippen molar-refractivity contribution in [1.82, 2.24) is 5.43 Å². The number of carbonyl (C=O) groups excluding carboxylic acids is 3. The maximum Gasteiger partial charge on any atom is 0.355 e. The van der Waals surface area contributed by atoms with Crippen LogP contribution in [-0.2, 0) is 24.7 Å². The number of halogens is 1. The average molecular weight is 442 g/mol. The summed E-state index contributed by atoms with van der Waals surface area (Å²) in [4.78, 5) is 40.8. The van der Waals surface area contributed by atoms with E-state index in [0.717, 1.165) is 4.90 Å². The van der Waals surface area contributed by atoms with Gasteiger partial charge in [0.25, 0.3) is 5.91 Å². The molecule has 31 heavy (non-hydrogen) atoms. The number of amides is 2. The van der Waals surface area contributed by atoms with Crippen molar-refractivity contribution in [1.29, 1.82) is 0 Å². The van der Waals surface area contributed by atoms with Crippen molar-refractivity contribution in [2.24, 2.45) is 11.0 Å². The molecule has 0 aromatic heterocycles. The first-order valence-electron chi connectivity index (χ1n) is 9.83. The maximum absolute atomic E-state index is 13.7. The van der Waals surface area contributed by atoms with Crippen LogP contribution < -0.4 is 15.1 Å². The van der Waals surface area contributed by atoms with Crippen LogP contribution in [0.2, 0.25) is 5.02 Å². The Morgan fingerprint density at radius 3 is 2.39 bits per heavy atom. The van der Waals surface area contributed by atoms with E-state index in [1.807, 2.05) is 6.92 Å². The fraction of sp³-hybridized carbons (Fsp3) is 0.273. The van der Waals surface area contributed by atoms with Crippen molar-refractivity contribution in [2.75, 3.05) is 18.1 Å². The Bertz CT molecular complexity index is 1070. The van der Waals surface area contributed by atoms with E-state index in [9.17, 15) is 14.4 Å². The number of hydrogen-bond acceptors (Lipinski definition) is 7. The van der Waals surface area contributed by atoms with Crippen LogP contribution in [0.1, 0.15) is 19.4 Å². The van der Waals surface area contributed by atoms with Crippen LogP contribution in [0.25, 0.3) is 0 Å². The molecule has 2 amide bonds.